The number of hydrogen-bond donors (Lipinski definition) is 1. The molecule has 1 aromatic carbocycles. The fourth-order valence-electron chi connectivity index (χ4n) is 2.37. The van der Waals surface area contributed by atoms with Crippen molar-refractivity contribution >= 4 is 5.97 Å². The summed E-state index contributed by atoms with van der Waals surface area (Å²) in [5.41, 5.74) is 0.191. The molecule has 4 heteroatoms. The van der Waals surface area contributed by atoms with Gasteiger partial charge in [0.05, 0.1) is 25.7 Å². The largest absolute Gasteiger partial charge is 0.497 e. The molecule has 0 heterocycles. The number of methoxy groups -OCH3 is 2. The highest BCUT2D eigenvalue weighted by Crippen LogP contribution is 2.45. The van der Waals surface area contributed by atoms with Gasteiger partial charge in [0.25, 0.3) is 0 Å². The summed E-state index contributed by atoms with van der Waals surface area (Å²) in [5, 5.41) is 9.46. The first-order valence-corrected chi connectivity index (χ1v) is 5.53. The van der Waals surface area contributed by atoms with E-state index in [2.05, 4.69) is 0 Å². The zero-order chi connectivity index (χ0) is 12.5. The second kappa shape index (κ2) is 4.37. The quantitative estimate of drug-likeness (QED) is 0.803. The Labute approximate surface area is 100 Å². The summed E-state index contributed by atoms with van der Waals surface area (Å²) in [4.78, 5) is 11.9. The van der Waals surface area contributed by atoms with Gasteiger partial charge in [0.1, 0.15) is 5.75 Å². The Morgan fingerprint density at radius 1 is 1.29 bits per heavy atom. The van der Waals surface area contributed by atoms with Crippen molar-refractivity contribution in [1.29, 1.82) is 0 Å². The Balaban J connectivity index is 2.30. The summed E-state index contributed by atoms with van der Waals surface area (Å²) < 4.78 is 9.91. The molecule has 0 saturated heterocycles. The molecule has 0 bridgehead atoms. The van der Waals surface area contributed by atoms with E-state index in [1.807, 2.05) is 24.3 Å². The van der Waals surface area contributed by atoms with Crippen LogP contribution in [0.15, 0.2) is 24.3 Å². The van der Waals surface area contributed by atoms with Crippen molar-refractivity contribution < 1.29 is 19.4 Å². The van der Waals surface area contributed by atoms with Gasteiger partial charge >= 0.3 is 5.97 Å². The van der Waals surface area contributed by atoms with Crippen molar-refractivity contribution in [3.8, 4) is 5.75 Å². The molecule has 92 valence electrons. The number of aliphatic hydroxyl groups excluding tert-OH is 1. The number of hydrogen-bond acceptors (Lipinski definition) is 4. The molecule has 1 saturated carbocycles. The second-order valence-corrected chi connectivity index (χ2v) is 4.36. The van der Waals surface area contributed by atoms with E-state index in [-0.39, 0.29) is 5.97 Å². The normalized spacial score (nSPS) is 27.1. The van der Waals surface area contributed by atoms with Gasteiger partial charge in [0, 0.05) is 0 Å². The monoisotopic (exact) mass is 236 g/mol. The van der Waals surface area contributed by atoms with Crippen LogP contribution in [0.1, 0.15) is 18.4 Å². The molecule has 0 unspecified atom stereocenters. The van der Waals surface area contributed by atoms with E-state index < -0.39 is 11.5 Å². The van der Waals surface area contributed by atoms with E-state index in [9.17, 15) is 9.90 Å². The minimum Gasteiger partial charge on any atom is -0.497 e. The minimum atomic E-state index is -0.680. The molecule has 0 amide bonds. The maximum atomic E-state index is 11.9. The van der Waals surface area contributed by atoms with Crippen LogP contribution in [0.2, 0.25) is 0 Å². The lowest BCUT2D eigenvalue weighted by atomic mass is 9.62. The van der Waals surface area contributed by atoms with Crippen LogP contribution < -0.4 is 4.74 Å². The number of carbonyl (C=O) groups excluding carboxylic acids is 1. The van der Waals surface area contributed by atoms with E-state index in [0.717, 1.165) is 11.3 Å². The summed E-state index contributed by atoms with van der Waals surface area (Å²) in [7, 11) is 2.97. The fourth-order valence-corrected chi connectivity index (χ4v) is 2.37. The lowest BCUT2D eigenvalue weighted by molar-refractivity contribution is -0.156. The van der Waals surface area contributed by atoms with Gasteiger partial charge in [-0.1, -0.05) is 12.1 Å². The van der Waals surface area contributed by atoms with E-state index >= 15 is 0 Å². The Kier molecular flexibility index (Phi) is 3.07. The summed E-state index contributed by atoms with van der Waals surface area (Å²) in [5.74, 6) is 0.460. The summed E-state index contributed by atoms with van der Waals surface area (Å²) in [6.45, 7) is 0. The highest BCUT2D eigenvalue weighted by molar-refractivity contribution is 5.84. The van der Waals surface area contributed by atoms with Gasteiger partial charge < -0.3 is 14.6 Å². The second-order valence-electron chi connectivity index (χ2n) is 4.36. The standard InChI is InChI=1S/C13H16O4/c1-16-11-5-3-9(4-6-11)13(12(15)17-2)7-10(14)8-13/h3-6,10,14H,7-8H2,1-2H3. The molecular formula is C13H16O4. The van der Waals surface area contributed by atoms with Crippen LogP contribution in [0.3, 0.4) is 0 Å². The summed E-state index contributed by atoms with van der Waals surface area (Å²) in [6.07, 6.45) is 0.425. The number of ether oxygens (including phenoxy) is 2. The molecule has 1 N–H and O–H groups in total. The molecule has 0 aromatic heterocycles. The summed E-state index contributed by atoms with van der Waals surface area (Å²) in [6, 6.07) is 7.32. The van der Waals surface area contributed by atoms with Crippen LogP contribution in [-0.4, -0.2) is 31.4 Å². The SMILES string of the molecule is COC(=O)C1(c2ccc(OC)cc2)CC(O)C1. The predicted molar refractivity (Wildman–Crippen MR) is 61.9 cm³/mol. The van der Waals surface area contributed by atoms with Gasteiger partial charge in [-0.25, -0.2) is 0 Å². The van der Waals surface area contributed by atoms with Crippen LogP contribution in [0.5, 0.6) is 5.75 Å². The molecule has 0 atom stereocenters. The lowest BCUT2D eigenvalue weighted by Crippen LogP contribution is -2.51. The van der Waals surface area contributed by atoms with Crippen LogP contribution in [0, 0.1) is 0 Å². The maximum absolute atomic E-state index is 11.9. The van der Waals surface area contributed by atoms with E-state index in [4.69, 9.17) is 9.47 Å². The van der Waals surface area contributed by atoms with E-state index in [1.165, 1.54) is 7.11 Å². The number of esters is 1. The Morgan fingerprint density at radius 2 is 1.88 bits per heavy atom. The van der Waals surface area contributed by atoms with Crippen molar-refractivity contribution in [1.82, 2.24) is 0 Å². The molecular weight excluding hydrogens is 220 g/mol. The molecule has 2 rings (SSSR count). The molecule has 1 aliphatic carbocycles. The molecule has 17 heavy (non-hydrogen) atoms. The van der Waals surface area contributed by atoms with Gasteiger partial charge in [-0.3, -0.25) is 4.79 Å². The third-order valence-electron chi connectivity index (χ3n) is 3.39. The van der Waals surface area contributed by atoms with E-state index in [0.29, 0.717) is 12.8 Å². The van der Waals surface area contributed by atoms with Crippen LogP contribution in [-0.2, 0) is 14.9 Å². The number of benzene rings is 1. The third-order valence-corrected chi connectivity index (χ3v) is 3.39. The average molecular weight is 236 g/mol. The zero-order valence-corrected chi connectivity index (χ0v) is 9.97. The van der Waals surface area contributed by atoms with Crippen molar-refractivity contribution in [2.24, 2.45) is 0 Å². The number of carbonyl (C=O) groups is 1. The molecule has 0 spiro atoms. The van der Waals surface area contributed by atoms with Crippen molar-refractivity contribution in [3.05, 3.63) is 29.8 Å². The lowest BCUT2D eigenvalue weighted by Gasteiger charge is -2.43. The molecule has 0 aliphatic heterocycles. The Morgan fingerprint density at radius 3 is 2.29 bits per heavy atom. The topological polar surface area (TPSA) is 55.8 Å². The molecule has 1 fully saturated rings. The first kappa shape index (κ1) is 11.9. The minimum absolute atomic E-state index is 0.284. The van der Waals surface area contributed by atoms with Crippen molar-refractivity contribution in [3.63, 3.8) is 0 Å². The molecule has 0 radical (unpaired) electrons. The first-order valence-electron chi connectivity index (χ1n) is 5.53. The Hall–Kier alpha value is -1.55. The first-order chi connectivity index (χ1) is 8.12. The third kappa shape index (κ3) is 1.89. The highest BCUT2D eigenvalue weighted by Gasteiger charge is 2.51. The smallest absolute Gasteiger partial charge is 0.316 e. The van der Waals surface area contributed by atoms with Crippen molar-refractivity contribution in [2.45, 2.75) is 24.4 Å². The zero-order valence-electron chi connectivity index (χ0n) is 9.97. The van der Waals surface area contributed by atoms with Crippen LogP contribution in [0.4, 0.5) is 0 Å². The molecule has 4 nitrogen and oxygen atoms in total. The van der Waals surface area contributed by atoms with E-state index in [1.54, 1.807) is 7.11 Å². The fraction of sp³-hybridized carbons (Fsp3) is 0.462. The van der Waals surface area contributed by atoms with Gasteiger partial charge in [-0.15, -0.1) is 0 Å². The van der Waals surface area contributed by atoms with Gasteiger partial charge in [-0.05, 0) is 30.5 Å². The van der Waals surface area contributed by atoms with Gasteiger partial charge in [0.15, 0.2) is 0 Å². The van der Waals surface area contributed by atoms with Gasteiger partial charge in [0.2, 0.25) is 0 Å². The molecule has 1 aliphatic rings. The van der Waals surface area contributed by atoms with Crippen LogP contribution in [0.25, 0.3) is 0 Å². The number of rotatable bonds is 3. The van der Waals surface area contributed by atoms with Gasteiger partial charge in [-0.2, -0.15) is 0 Å². The summed E-state index contributed by atoms with van der Waals surface area (Å²) >= 11 is 0. The predicted octanol–water partition coefficient (Wildman–Crippen LogP) is 1.26. The Bertz CT molecular complexity index is 404. The average Bonchev–Trinajstić information content (AvgIpc) is 2.34. The highest BCUT2D eigenvalue weighted by atomic mass is 16.5. The van der Waals surface area contributed by atoms with Crippen LogP contribution >= 0.6 is 0 Å². The molecule has 1 aromatic rings. The van der Waals surface area contributed by atoms with Crippen molar-refractivity contribution in [2.75, 3.05) is 14.2 Å². The number of aliphatic hydroxyl groups is 1. The maximum Gasteiger partial charge on any atom is 0.316 e.